The minimum absolute atomic E-state index is 0.101. The van der Waals surface area contributed by atoms with Crippen molar-refractivity contribution in [2.75, 3.05) is 24.7 Å². The molecular weight excluding hydrogens is 295 g/mol. The third kappa shape index (κ3) is 11.6. The topological polar surface area (TPSA) is 72.8 Å². The van der Waals surface area contributed by atoms with Crippen molar-refractivity contribution in [1.82, 2.24) is 0 Å². The number of thioether (sulfide) groups is 2. The highest BCUT2D eigenvalue weighted by molar-refractivity contribution is 8.13. The largest absolute Gasteiger partial charge is 0.382 e. The van der Waals surface area contributed by atoms with Gasteiger partial charge in [0.25, 0.3) is 0 Å². The van der Waals surface area contributed by atoms with Crippen LogP contribution in [0.1, 0.15) is 26.7 Å². The number of hydrogen-bond acceptors (Lipinski definition) is 7. The number of aliphatic hydroxyl groups excluding tert-OH is 1. The van der Waals surface area contributed by atoms with Crippen LogP contribution in [0.3, 0.4) is 0 Å². The monoisotopic (exact) mass is 316 g/mol. The van der Waals surface area contributed by atoms with Gasteiger partial charge in [-0.25, -0.2) is 0 Å². The first-order valence-corrected chi connectivity index (χ1v) is 9.10. The van der Waals surface area contributed by atoms with Crippen molar-refractivity contribution >= 4 is 36.9 Å². The number of aliphatic hydroxyl groups is 1. The molecule has 0 aromatic carbocycles. The van der Waals surface area contributed by atoms with E-state index in [1.54, 1.807) is 6.92 Å². The SMILES string of the molecule is CCC(=O)SCCO[PH](=O)OCCS[C@H](O)CC. The maximum atomic E-state index is 11.2. The van der Waals surface area contributed by atoms with Crippen molar-refractivity contribution in [3.63, 3.8) is 0 Å². The molecule has 0 radical (unpaired) electrons. The molecule has 0 spiro atoms. The lowest BCUT2D eigenvalue weighted by molar-refractivity contribution is -0.110. The van der Waals surface area contributed by atoms with Crippen LogP contribution >= 0.6 is 31.8 Å². The molecule has 5 nitrogen and oxygen atoms in total. The van der Waals surface area contributed by atoms with Crippen LogP contribution in [0.25, 0.3) is 0 Å². The first-order valence-electron chi connectivity index (χ1n) is 5.85. The quantitative estimate of drug-likeness (QED) is 0.357. The first kappa shape index (κ1) is 18.5. The lowest BCUT2D eigenvalue weighted by atomic mass is 10.5. The van der Waals surface area contributed by atoms with Crippen molar-refractivity contribution in [2.45, 2.75) is 32.1 Å². The molecule has 0 heterocycles. The lowest BCUT2D eigenvalue weighted by Gasteiger charge is -2.08. The molecule has 2 atom stereocenters. The number of hydrogen-bond donors (Lipinski definition) is 1. The highest BCUT2D eigenvalue weighted by Crippen LogP contribution is 2.24. The predicted molar refractivity (Wildman–Crippen MR) is 77.4 cm³/mol. The van der Waals surface area contributed by atoms with Crippen LogP contribution in [0.4, 0.5) is 0 Å². The van der Waals surface area contributed by atoms with Gasteiger partial charge in [0.15, 0.2) is 5.12 Å². The standard InChI is InChI=1S/C10H21O5PS2/c1-3-9(11)17-7-5-14-16(13)15-6-8-18-10(12)4-2/h9,11,16H,3-8H2,1-2H3/t9-/m0/s1. The van der Waals surface area contributed by atoms with E-state index in [0.29, 0.717) is 31.0 Å². The van der Waals surface area contributed by atoms with Crippen LogP contribution in [0.5, 0.6) is 0 Å². The summed E-state index contributed by atoms with van der Waals surface area (Å²) in [4.78, 5) is 10.9. The van der Waals surface area contributed by atoms with E-state index >= 15 is 0 Å². The Morgan fingerprint density at radius 3 is 2.44 bits per heavy atom. The van der Waals surface area contributed by atoms with Crippen LogP contribution in [0.2, 0.25) is 0 Å². The molecule has 0 aromatic rings. The summed E-state index contributed by atoms with van der Waals surface area (Å²) in [6.45, 7) is 4.23. The van der Waals surface area contributed by atoms with Gasteiger partial charge < -0.3 is 14.2 Å². The number of rotatable bonds is 11. The summed E-state index contributed by atoms with van der Waals surface area (Å²) in [7, 11) is -2.47. The van der Waals surface area contributed by atoms with Gasteiger partial charge in [0.05, 0.1) is 18.6 Å². The smallest absolute Gasteiger partial charge is 0.319 e. The summed E-state index contributed by atoms with van der Waals surface area (Å²) in [5, 5.41) is 9.34. The fourth-order valence-electron chi connectivity index (χ4n) is 0.851. The van der Waals surface area contributed by atoms with E-state index in [1.165, 1.54) is 23.5 Å². The Bertz CT molecular complexity index is 252. The van der Waals surface area contributed by atoms with Crippen LogP contribution < -0.4 is 0 Å². The second kappa shape index (κ2) is 12.5. The van der Waals surface area contributed by atoms with E-state index in [9.17, 15) is 14.5 Å². The van der Waals surface area contributed by atoms with Gasteiger partial charge in [0.2, 0.25) is 0 Å². The van der Waals surface area contributed by atoms with Crippen LogP contribution in [-0.4, -0.2) is 40.4 Å². The van der Waals surface area contributed by atoms with Crippen molar-refractivity contribution < 1.29 is 23.5 Å². The van der Waals surface area contributed by atoms with E-state index in [4.69, 9.17) is 9.05 Å². The van der Waals surface area contributed by atoms with E-state index in [1.807, 2.05) is 6.92 Å². The second-order valence-corrected chi connectivity index (χ2v) is 6.77. The third-order valence-electron chi connectivity index (χ3n) is 1.82. The van der Waals surface area contributed by atoms with Gasteiger partial charge in [-0.2, -0.15) is 0 Å². The predicted octanol–water partition coefficient (Wildman–Crippen LogP) is 2.54. The van der Waals surface area contributed by atoms with E-state index in [0.717, 1.165) is 0 Å². The molecule has 1 unspecified atom stereocenters. The van der Waals surface area contributed by atoms with Gasteiger partial charge in [-0.15, -0.1) is 11.8 Å². The molecule has 8 heteroatoms. The van der Waals surface area contributed by atoms with E-state index in [2.05, 4.69) is 0 Å². The molecule has 0 rings (SSSR count). The molecule has 0 amide bonds. The Morgan fingerprint density at radius 2 is 1.89 bits per heavy atom. The zero-order chi connectivity index (χ0) is 13.8. The van der Waals surface area contributed by atoms with E-state index < -0.39 is 13.7 Å². The number of carbonyl (C=O) groups is 1. The summed E-state index contributed by atoms with van der Waals surface area (Å²) < 4.78 is 21.2. The molecule has 1 N–H and O–H groups in total. The van der Waals surface area contributed by atoms with Crippen molar-refractivity contribution in [3.8, 4) is 0 Å². The molecule has 0 saturated heterocycles. The maximum absolute atomic E-state index is 11.2. The summed E-state index contributed by atoms with van der Waals surface area (Å²) in [6, 6.07) is 0. The molecule has 0 fully saturated rings. The summed E-state index contributed by atoms with van der Waals surface area (Å²) in [5.74, 6) is 1.08. The lowest BCUT2D eigenvalue weighted by Crippen LogP contribution is -2.02. The molecule has 0 aliphatic carbocycles. The molecule has 0 saturated carbocycles. The Hall–Kier alpha value is 0.480. The Kier molecular flexibility index (Phi) is 12.8. The molecule has 18 heavy (non-hydrogen) atoms. The average Bonchev–Trinajstić information content (AvgIpc) is 2.38. The maximum Gasteiger partial charge on any atom is 0.319 e. The highest BCUT2D eigenvalue weighted by Gasteiger charge is 2.04. The molecule has 0 aliphatic rings. The number of carbonyl (C=O) groups excluding carboxylic acids is 1. The molecular formula is C10H21O5PS2. The minimum atomic E-state index is -2.47. The van der Waals surface area contributed by atoms with Gasteiger partial charge in [0, 0.05) is 17.9 Å². The van der Waals surface area contributed by atoms with E-state index in [-0.39, 0.29) is 11.7 Å². The van der Waals surface area contributed by atoms with Gasteiger partial charge in [-0.3, -0.25) is 9.36 Å². The highest BCUT2D eigenvalue weighted by atomic mass is 32.2. The van der Waals surface area contributed by atoms with Crippen molar-refractivity contribution in [1.29, 1.82) is 0 Å². The third-order valence-corrected chi connectivity index (χ3v) is 4.80. The Morgan fingerprint density at radius 1 is 1.28 bits per heavy atom. The fraction of sp³-hybridized carbons (Fsp3) is 0.900. The van der Waals surface area contributed by atoms with Crippen LogP contribution in [0.15, 0.2) is 0 Å². The Balaban J connectivity index is 3.35. The van der Waals surface area contributed by atoms with Crippen LogP contribution in [0, 0.1) is 0 Å². The normalized spacial score (nSPS) is 14.4. The summed E-state index contributed by atoms with van der Waals surface area (Å²) in [6.07, 6.45) is 1.17. The van der Waals surface area contributed by atoms with Gasteiger partial charge in [-0.05, 0) is 6.42 Å². The Labute approximate surface area is 117 Å². The van der Waals surface area contributed by atoms with Crippen molar-refractivity contribution in [2.24, 2.45) is 0 Å². The summed E-state index contributed by atoms with van der Waals surface area (Å²) >= 11 is 2.53. The fourth-order valence-corrected chi connectivity index (χ4v) is 3.05. The van der Waals surface area contributed by atoms with Crippen molar-refractivity contribution in [3.05, 3.63) is 0 Å². The van der Waals surface area contributed by atoms with Gasteiger partial charge in [-0.1, -0.05) is 25.6 Å². The zero-order valence-electron chi connectivity index (χ0n) is 10.7. The minimum Gasteiger partial charge on any atom is -0.382 e. The van der Waals surface area contributed by atoms with Gasteiger partial charge >= 0.3 is 8.25 Å². The second-order valence-electron chi connectivity index (χ2n) is 3.25. The summed E-state index contributed by atoms with van der Waals surface area (Å²) in [5.41, 5.74) is -0.395. The molecule has 108 valence electrons. The molecule has 0 bridgehead atoms. The van der Waals surface area contributed by atoms with Crippen LogP contribution in [-0.2, 0) is 18.4 Å². The zero-order valence-corrected chi connectivity index (χ0v) is 13.3. The average molecular weight is 316 g/mol. The van der Waals surface area contributed by atoms with Gasteiger partial charge in [0.1, 0.15) is 0 Å². The molecule has 0 aliphatic heterocycles. The first-order chi connectivity index (χ1) is 8.60. The molecule has 0 aromatic heterocycles.